The third kappa shape index (κ3) is 4.31. The molecule has 0 amide bonds. The van der Waals surface area contributed by atoms with Crippen LogP contribution in [-0.4, -0.2) is 31.8 Å². The molecule has 2 rings (SSSR count). The number of ether oxygens (including phenoxy) is 1. The van der Waals surface area contributed by atoms with E-state index < -0.39 is 0 Å². The van der Waals surface area contributed by atoms with Crippen LogP contribution < -0.4 is 5.32 Å². The van der Waals surface area contributed by atoms with Crippen LogP contribution in [0, 0.1) is 0 Å². The van der Waals surface area contributed by atoms with E-state index in [1.54, 1.807) is 13.3 Å². The minimum absolute atomic E-state index is 0.647. The van der Waals surface area contributed by atoms with E-state index in [1.807, 2.05) is 18.2 Å². The molecule has 1 aromatic carbocycles. The van der Waals surface area contributed by atoms with E-state index in [4.69, 9.17) is 20.8 Å². The Labute approximate surface area is 131 Å². The molecular formula is C14H16BrClN2O2. The largest absolute Gasteiger partial charge is 0.441 e. The molecular weight excluding hydrogens is 344 g/mol. The van der Waals surface area contributed by atoms with Gasteiger partial charge in [0.15, 0.2) is 11.7 Å². The second-order valence-electron chi connectivity index (χ2n) is 4.24. The second kappa shape index (κ2) is 7.78. The topological polar surface area (TPSA) is 47.3 Å². The van der Waals surface area contributed by atoms with Crippen molar-refractivity contribution in [3.05, 3.63) is 39.8 Å². The van der Waals surface area contributed by atoms with Crippen LogP contribution in [0.1, 0.15) is 5.89 Å². The van der Waals surface area contributed by atoms with Gasteiger partial charge < -0.3 is 14.5 Å². The Bertz CT molecular complexity index is 560. The van der Waals surface area contributed by atoms with Crippen LogP contribution in [0.15, 0.2) is 33.3 Å². The third-order valence-electron chi connectivity index (χ3n) is 2.75. The van der Waals surface area contributed by atoms with Crippen LogP contribution in [0.4, 0.5) is 0 Å². The monoisotopic (exact) mass is 358 g/mol. The standard InChI is InChI=1S/C14H16BrClN2O2/c1-19-7-6-17-5-4-14-18-9-13(20-14)11-8-10(15)2-3-12(11)16/h2-3,8-9,17H,4-7H2,1H3. The van der Waals surface area contributed by atoms with E-state index in [0.29, 0.717) is 23.3 Å². The van der Waals surface area contributed by atoms with Gasteiger partial charge in [-0.1, -0.05) is 27.5 Å². The molecule has 20 heavy (non-hydrogen) atoms. The number of hydrogen-bond donors (Lipinski definition) is 1. The molecule has 6 heteroatoms. The zero-order chi connectivity index (χ0) is 14.4. The first-order valence-corrected chi connectivity index (χ1v) is 7.47. The summed E-state index contributed by atoms with van der Waals surface area (Å²) in [7, 11) is 1.68. The van der Waals surface area contributed by atoms with Crippen molar-refractivity contribution in [1.82, 2.24) is 10.3 Å². The highest BCUT2D eigenvalue weighted by Gasteiger charge is 2.10. The molecule has 108 valence electrons. The average molecular weight is 360 g/mol. The van der Waals surface area contributed by atoms with Gasteiger partial charge in [0.1, 0.15) is 0 Å². The summed E-state index contributed by atoms with van der Waals surface area (Å²) in [5, 5.41) is 3.89. The molecule has 2 aromatic rings. The summed E-state index contributed by atoms with van der Waals surface area (Å²) in [6.45, 7) is 2.32. The Morgan fingerprint density at radius 2 is 2.25 bits per heavy atom. The first-order chi connectivity index (χ1) is 9.70. The number of rotatable bonds is 7. The minimum atomic E-state index is 0.647. The van der Waals surface area contributed by atoms with Gasteiger partial charge in [0.2, 0.25) is 0 Å². The number of halogens is 2. The lowest BCUT2D eigenvalue weighted by atomic mass is 10.2. The summed E-state index contributed by atoms with van der Waals surface area (Å²) in [5.41, 5.74) is 0.840. The number of nitrogens with one attached hydrogen (secondary N) is 1. The molecule has 0 atom stereocenters. The van der Waals surface area contributed by atoms with E-state index in [0.717, 1.165) is 29.5 Å². The van der Waals surface area contributed by atoms with Crippen LogP contribution in [-0.2, 0) is 11.2 Å². The maximum absolute atomic E-state index is 6.17. The van der Waals surface area contributed by atoms with Crippen LogP contribution in [0.3, 0.4) is 0 Å². The zero-order valence-electron chi connectivity index (χ0n) is 11.2. The Morgan fingerprint density at radius 3 is 3.05 bits per heavy atom. The van der Waals surface area contributed by atoms with Gasteiger partial charge in [-0.2, -0.15) is 0 Å². The molecule has 0 aliphatic carbocycles. The minimum Gasteiger partial charge on any atom is -0.441 e. The van der Waals surface area contributed by atoms with Crippen molar-refractivity contribution >= 4 is 27.5 Å². The molecule has 0 aliphatic rings. The van der Waals surface area contributed by atoms with Gasteiger partial charge in [-0.15, -0.1) is 0 Å². The van der Waals surface area contributed by atoms with Gasteiger partial charge in [0.05, 0.1) is 17.8 Å². The second-order valence-corrected chi connectivity index (χ2v) is 5.56. The average Bonchev–Trinajstić information content (AvgIpc) is 2.90. The van der Waals surface area contributed by atoms with Crippen molar-refractivity contribution < 1.29 is 9.15 Å². The van der Waals surface area contributed by atoms with Crippen LogP contribution >= 0.6 is 27.5 Å². The molecule has 0 aliphatic heterocycles. The lowest BCUT2D eigenvalue weighted by molar-refractivity contribution is 0.199. The number of hydrogen-bond acceptors (Lipinski definition) is 4. The van der Waals surface area contributed by atoms with E-state index in [1.165, 1.54) is 0 Å². The van der Waals surface area contributed by atoms with Crippen molar-refractivity contribution in [3.8, 4) is 11.3 Å². The van der Waals surface area contributed by atoms with Crippen molar-refractivity contribution in [2.75, 3.05) is 26.8 Å². The number of benzene rings is 1. The number of oxazole rings is 1. The summed E-state index contributed by atoms with van der Waals surface area (Å²) < 4.78 is 11.6. The van der Waals surface area contributed by atoms with E-state index in [9.17, 15) is 0 Å². The Kier molecular flexibility index (Phi) is 6.04. The number of aromatic nitrogens is 1. The van der Waals surface area contributed by atoms with Gasteiger partial charge in [0, 0.05) is 36.7 Å². The number of nitrogens with zero attached hydrogens (tertiary/aromatic N) is 1. The van der Waals surface area contributed by atoms with Crippen LogP contribution in [0.25, 0.3) is 11.3 Å². The van der Waals surface area contributed by atoms with Crippen LogP contribution in [0.5, 0.6) is 0 Å². The van der Waals surface area contributed by atoms with E-state index >= 15 is 0 Å². The summed E-state index contributed by atoms with van der Waals surface area (Å²) >= 11 is 9.59. The molecule has 0 saturated heterocycles. The molecule has 0 spiro atoms. The third-order valence-corrected chi connectivity index (χ3v) is 3.57. The van der Waals surface area contributed by atoms with Crippen LogP contribution in [0.2, 0.25) is 5.02 Å². The molecule has 1 aromatic heterocycles. The van der Waals surface area contributed by atoms with Gasteiger partial charge in [-0.3, -0.25) is 0 Å². The Balaban J connectivity index is 1.96. The predicted molar refractivity (Wildman–Crippen MR) is 83.1 cm³/mol. The zero-order valence-corrected chi connectivity index (χ0v) is 13.5. The first-order valence-electron chi connectivity index (χ1n) is 6.30. The summed E-state index contributed by atoms with van der Waals surface area (Å²) in [5.74, 6) is 1.38. The number of methoxy groups -OCH3 is 1. The Hall–Kier alpha value is -0.880. The van der Waals surface area contributed by atoms with Crippen molar-refractivity contribution in [2.45, 2.75) is 6.42 Å². The molecule has 1 N–H and O–H groups in total. The molecule has 4 nitrogen and oxygen atoms in total. The molecule has 0 bridgehead atoms. The fourth-order valence-corrected chi connectivity index (χ4v) is 2.30. The normalized spacial score (nSPS) is 10.9. The van der Waals surface area contributed by atoms with Gasteiger partial charge in [0.25, 0.3) is 0 Å². The van der Waals surface area contributed by atoms with Gasteiger partial charge in [-0.05, 0) is 18.2 Å². The molecule has 1 heterocycles. The smallest absolute Gasteiger partial charge is 0.196 e. The SMILES string of the molecule is COCCNCCc1ncc(-c2cc(Br)ccc2Cl)o1. The van der Waals surface area contributed by atoms with Crippen molar-refractivity contribution in [2.24, 2.45) is 0 Å². The molecule has 0 saturated carbocycles. The first kappa shape index (κ1) is 15.5. The Morgan fingerprint density at radius 1 is 1.40 bits per heavy atom. The molecule has 0 radical (unpaired) electrons. The maximum Gasteiger partial charge on any atom is 0.196 e. The van der Waals surface area contributed by atoms with Gasteiger partial charge in [-0.25, -0.2) is 4.98 Å². The highest BCUT2D eigenvalue weighted by Crippen LogP contribution is 2.31. The van der Waals surface area contributed by atoms with Crippen molar-refractivity contribution in [3.63, 3.8) is 0 Å². The fourth-order valence-electron chi connectivity index (χ4n) is 1.73. The summed E-state index contributed by atoms with van der Waals surface area (Å²) in [6, 6.07) is 5.64. The van der Waals surface area contributed by atoms with Crippen molar-refractivity contribution in [1.29, 1.82) is 0 Å². The van der Waals surface area contributed by atoms with E-state index in [2.05, 4.69) is 26.2 Å². The fraction of sp³-hybridized carbons (Fsp3) is 0.357. The summed E-state index contributed by atoms with van der Waals surface area (Å²) in [4.78, 5) is 4.27. The maximum atomic E-state index is 6.17. The molecule has 0 fully saturated rings. The summed E-state index contributed by atoms with van der Waals surface area (Å²) in [6.07, 6.45) is 2.44. The molecule has 0 unspecified atom stereocenters. The highest BCUT2D eigenvalue weighted by atomic mass is 79.9. The highest BCUT2D eigenvalue weighted by molar-refractivity contribution is 9.10. The quantitative estimate of drug-likeness (QED) is 0.768. The lowest BCUT2D eigenvalue weighted by Gasteiger charge is -2.02. The predicted octanol–water partition coefficient (Wildman–Crippen LogP) is 3.54. The lowest BCUT2D eigenvalue weighted by Crippen LogP contribution is -2.21. The van der Waals surface area contributed by atoms with Gasteiger partial charge >= 0.3 is 0 Å². The van der Waals surface area contributed by atoms with E-state index in [-0.39, 0.29) is 0 Å².